The normalized spacial score (nSPS) is 16.9. The number of nitriles is 1. The van der Waals surface area contributed by atoms with Crippen LogP contribution >= 0.6 is 0 Å². The third-order valence-electron chi connectivity index (χ3n) is 4.80. The first kappa shape index (κ1) is 16.3. The molecule has 2 aromatic heterocycles. The van der Waals surface area contributed by atoms with Crippen molar-refractivity contribution in [3.8, 4) is 6.07 Å². The van der Waals surface area contributed by atoms with Gasteiger partial charge in [0, 0.05) is 38.3 Å². The average Bonchev–Trinajstić information content (AvgIpc) is 3.54. The number of aromatic nitrogens is 2. The predicted octanol–water partition coefficient (Wildman–Crippen LogP) is 2.02. The fourth-order valence-electron chi connectivity index (χ4n) is 3.13. The van der Waals surface area contributed by atoms with Crippen molar-refractivity contribution in [3.63, 3.8) is 0 Å². The van der Waals surface area contributed by atoms with Crippen molar-refractivity contribution in [3.05, 3.63) is 42.2 Å². The van der Waals surface area contributed by atoms with Gasteiger partial charge in [-0.25, -0.2) is 9.97 Å². The Balaban J connectivity index is 1.37. The Kier molecular flexibility index (Phi) is 4.40. The van der Waals surface area contributed by atoms with Crippen molar-refractivity contribution in [1.82, 2.24) is 9.97 Å². The molecule has 0 bridgehead atoms. The average molecular weight is 348 g/mol. The fraction of sp³-hybridized carbons (Fsp3) is 0.368. The molecule has 0 spiro atoms. The number of nitrogens with one attached hydrogen (secondary N) is 1. The Labute approximate surface area is 152 Å². The highest BCUT2D eigenvalue weighted by atomic mass is 16.2. The number of anilines is 3. The van der Waals surface area contributed by atoms with E-state index in [-0.39, 0.29) is 11.8 Å². The van der Waals surface area contributed by atoms with Gasteiger partial charge in [0.25, 0.3) is 0 Å². The third kappa shape index (κ3) is 3.45. The Morgan fingerprint density at radius 2 is 1.88 bits per heavy atom. The lowest BCUT2D eigenvalue weighted by molar-refractivity contribution is -0.117. The maximum Gasteiger partial charge on any atom is 0.228 e. The van der Waals surface area contributed by atoms with Crippen LogP contribution in [0.2, 0.25) is 0 Å². The van der Waals surface area contributed by atoms with Gasteiger partial charge in [-0.2, -0.15) is 5.26 Å². The van der Waals surface area contributed by atoms with E-state index in [1.807, 2.05) is 12.1 Å². The molecule has 1 saturated heterocycles. The van der Waals surface area contributed by atoms with Gasteiger partial charge in [0.05, 0.1) is 17.4 Å². The van der Waals surface area contributed by atoms with E-state index in [1.54, 1.807) is 24.5 Å². The molecule has 2 aromatic rings. The zero-order valence-corrected chi connectivity index (χ0v) is 14.4. The Hall–Kier alpha value is -3.14. The van der Waals surface area contributed by atoms with Gasteiger partial charge in [0.1, 0.15) is 17.7 Å². The number of rotatable bonds is 4. The Morgan fingerprint density at radius 3 is 2.54 bits per heavy atom. The quantitative estimate of drug-likeness (QED) is 0.910. The molecule has 7 nitrogen and oxygen atoms in total. The topological polar surface area (TPSA) is 85.2 Å². The van der Waals surface area contributed by atoms with E-state index in [9.17, 15) is 10.1 Å². The second-order valence-corrected chi connectivity index (χ2v) is 6.63. The summed E-state index contributed by atoms with van der Waals surface area (Å²) in [5.74, 6) is 1.61. The molecular formula is C19H20N6O. The number of hydrogen-bond donors (Lipinski definition) is 1. The van der Waals surface area contributed by atoms with Crippen LogP contribution in [-0.4, -0.2) is 42.1 Å². The molecule has 2 aliphatic rings. The first-order valence-electron chi connectivity index (χ1n) is 8.86. The van der Waals surface area contributed by atoms with Gasteiger partial charge < -0.3 is 15.1 Å². The van der Waals surface area contributed by atoms with Gasteiger partial charge in [0.15, 0.2) is 0 Å². The lowest BCUT2D eigenvalue weighted by Crippen LogP contribution is -2.47. The predicted molar refractivity (Wildman–Crippen MR) is 99.0 cm³/mol. The molecule has 1 amide bonds. The zero-order chi connectivity index (χ0) is 17.9. The summed E-state index contributed by atoms with van der Waals surface area (Å²) in [5.41, 5.74) is 1.65. The molecule has 1 aliphatic carbocycles. The standard InChI is InChI=1S/C19H20N6O/c20-12-15-2-1-7-21-18(15)25-10-8-24(9-11-25)16-5-6-17(22-13-16)23-19(26)14-3-4-14/h1-2,5-7,13-14H,3-4,8-11H2,(H,22,23,26). The molecule has 0 unspecified atom stereocenters. The van der Waals surface area contributed by atoms with E-state index in [1.165, 1.54) is 0 Å². The van der Waals surface area contributed by atoms with E-state index < -0.39 is 0 Å². The monoisotopic (exact) mass is 348 g/mol. The molecule has 0 radical (unpaired) electrons. The Bertz CT molecular complexity index is 832. The number of pyridine rings is 2. The number of hydrogen-bond acceptors (Lipinski definition) is 6. The summed E-state index contributed by atoms with van der Waals surface area (Å²) >= 11 is 0. The first-order chi connectivity index (χ1) is 12.7. The molecule has 132 valence electrons. The molecule has 2 fully saturated rings. The van der Waals surface area contributed by atoms with Gasteiger partial charge in [-0.1, -0.05) is 0 Å². The van der Waals surface area contributed by atoms with E-state index >= 15 is 0 Å². The minimum atomic E-state index is 0.0718. The van der Waals surface area contributed by atoms with E-state index in [4.69, 9.17) is 0 Å². The summed E-state index contributed by atoms with van der Waals surface area (Å²) in [6, 6.07) is 9.64. The van der Waals surface area contributed by atoms with Crippen molar-refractivity contribution in [2.45, 2.75) is 12.8 Å². The smallest absolute Gasteiger partial charge is 0.228 e. The summed E-state index contributed by atoms with van der Waals surface area (Å²) in [5, 5.41) is 12.1. The van der Waals surface area contributed by atoms with E-state index in [0.29, 0.717) is 11.4 Å². The summed E-state index contributed by atoms with van der Waals surface area (Å²) in [7, 11) is 0. The lowest BCUT2D eigenvalue weighted by atomic mass is 10.2. The van der Waals surface area contributed by atoms with Crippen LogP contribution in [0.3, 0.4) is 0 Å². The third-order valence-corrected chi connectivity index (χ3v) is 4.80. The molecule has 1 aliphatic heterocycles. The summed E-state index contributed by atoms with van der Waals surface area (Å²) < 4.78 is 0. The van der Waals surface area contributed by atoms with Crippen LogP contribution in [0.15, 0.2) is 36.7 Å². The second kappa shape index (κ2) is 7.00. The number of carbonyl (C=O) groups is 1. The van der Waals surface area contributed by atoms with Gasteiger partial charge >= 0.3 is 0 Å². The van der Waals surface area contributed by atoms with Crippen LogP contribution in [-0.2, 0) is 4.79 Å². The molecular weight excluding hydrogens is 328 g/mol. The molecule has 26 heavy (non-hydrogen) atoms. The summed E-state index contributed by atoms with van der Waals surface area (Å²) in [6.45, 7) is 3.26. The van der Waals surface area contributed by atoms with E-state index in [2.05, 4.69) is 31.2 Å². The molecule has 1 N–H and O–H groups in total. The maximum absolute atomic E-state index is 11.8. The van der Waals surface area contributed by atoms with Gasteiger partial charge in [-0.05, 0) is 37.1 Å². The van der Waals surface area contributed by atoms with Crippen molar-refractivity contribution < 1.29 is 4.79 Å². The lowest BCUT2D eigenvalue weighted by Gasteiger charge is -2.36. The molecule has 4 rings (SSSR count). The van der Waals surface area contributed by atoms with Crippen molar-refractivity contribution in [2.75, 3.05) is 41.3 Å². The van der Waals surface area contributed by atoms with Gasteiger partial charge in [-0.3, -0.25) is 4.79 Å². The van der Waals surface area contributed by atoms with Crippen LogP contribution in [0, 0.1) is 17.2 Å². The minimum absolute atomic E-state index is 0.0718. The van der Waals surface area contributed by atoms with Crippen LogP contribution in [0.1, 0.15) is 18.4 Å². The highest BCUT2D eigenvalue weighted by Crippen LogP contribution is 2.30. The highest BCUT2D eigenvalue weighted by molar-refractivity contribution is 5.93. The van der Waals surface area contributed by atoms with Crippen LogP contribution in [0.5, 0.6) is 0 Å². The van der Waals surface area contributed by atoms with Crippen LogP contribution < -0.4 is 15.1 Å². The highest BCUT2D eigenvalue weighted by Gasteiger charge is 2.29. The number of carbonyl (C=O) groups excluding carboxylic acids is 1. The number of nitrogens with zero attached hydrogens (tertiary/aromatic N) is 5. The summed E-state index contributed by atoms with van der Waals surface area (Å²) in [6.07, 6.45) is 5.50. The molecule has 0 aromatic carbocycles. The fourth-order valence-corrected chi connectivity index (χ4v) is 3.13. The molecule has 0 atom stereocenters. The Morgan fingerprint density at radius 1 is 1.12 bits per heavy atom. The SMILES string of the molecule is N#Cc1cccnc1N1CCN(c2ccc(NC(=O)C3CC3)nc2)CC1. The second-order valence-electron chi connectivity index (χ2n) is 6.63. The van der Waals surface area contributed by atoms with Crippen molar-refractivity contribution in [1.29, 1.82) is 5.26 Å². The van der Waals surface area contributed by atoms with Crippen LogP contribution in [0.25, 0.3) is 0 Å². The van der Waals surface area contributed by atoms with Crippen molar-refractivity contribution in [2.24, 2.45) is 5.92 Å². The number of amides is 1. The van der Waals surface area contributed by atoms with Gasteiger partial charge in [0.2, 0.25) is 5.91 Å². The van der Waals surface area contributed by atoms with Crippen LogP contribution in [0.4, 0.5) is 17.3 Å². The largest absolute Gasteiger partial charge is 0.367 e. The van der Waals surface area contributed by atoms with Crippen molar-refractivity contribution >= 4 is 23.2 Å². The summed E-state index contributed by atoms with van der Waals surface area (Å²) in [4.78, 5) is 24.9. The van der Waals surface area contributed by atoms with Gasteiger partial charge in [-0.15, -0.1) is 0 Å². The molecule has 1 saturated carbocycles. The maximum atomic E-state index is 11.8. The zero-order valence-electron chi connectivity index (χ0n) is 14.4. The molecule has 7 heteroatoms. The minimum Gasteiger partial charge on any atom is -0.367 e. The first-order valence-corrected chi connectivity index (χ1v) is 8.86. The van der Waals surface area contributed by atoms with E-state index in [0.717, 1.165) is 50.5 Å². The molecule has 3 heterocycles. The number of piperazine rings is 1.